The van der Waals surface area contributed by atoms with E-state index in [0.717, 1.165) is 35.5 Å². The number of nitrogens with zero attached hydrogens (tertiary/aromatic N) is 3. The van der Waals surface area contributed by atoms with Crippen LogP contribution < -0.4 is 5.56 Å². The molecule has 0 N–H and O–H groups in total. The van der Waals surface area contributed by atoms with Crippen molar-refractivity contribution in [1.82, 2.24) is 14.4 Å². The third kappa shape index (κ3) is 4.01. The molecule has 1 saturated heterocycles. The molecule has 0 saturated carbocycles. The summed E-state index contributed by atoms with van der Waals surface area (Å²) in [6, 6.07) is 19.4. The number of carbonyl (C=O) groups excluding carboxylic acids is 1. The molecule has 7 heteroatoms. The van der Waals surface area contributed by atoms with E-state index >= 15 is 0 Å². The largest absolute Gasteiger partial charge is 0.336 e. The summed E-state index contributed by atoms with van der Waals surface area (Å²) in [5, 5.41) is 0. The van der Waals surface area contributed by atoms with Gasteiger partial charge in [-0.05, 0) is 24.2 Å². The van der Waals surface area contributed by atoms with E-state index in [-0.39, 0.29) is 36.3 Å². The smallest absolute Gasteiger partial charge is 0.259 e. The summed E-state index contributed by atoms with van der Waals surface area (Å²) in [6.07, 6.45) is 0. The second kappa shape index (κ2) is 9.27. The fourth-order valence-electron chi connectivity index (χ4n) is 4.34. The van der Waals surface area contributed by atoms with Gasteiger partial charge in [-0.2, -0.15) is 0 Å². The van der Waals surface area contributed by atoms with Crippen molar-refractivity contribution in [2.75, 3.05) is 33.2 Å². The average molecular weight is 458 g/mol. The molecule has 5 nitrogen and oxygen atoms in total. The minimum absolute atomic E-state index is 0. The van der Waals surface area contributed by atoms with Crippen molar-refractivity contribution in [3.8, 4) is 22.4 Å². The van der Waals surface area contributed by atoms with Gasteiger partial charge in [0.05, 0.1) is 17.8 Å². The van der Waals surface area contributed by atoms with Crippen LogP contribution in [-0.4, -0.2) is 53.5 Å². The molecule has 5 rings (SSSR count). The van der Waals surface area contributed by atoms with Crippen molar-refractivity contribution < 1.29 is 4.79 Å². The molecule has 3 heterocycles. The van der Waals surface area contributed by atoms with E-state index in [4.69, 9.17) is 0 Å². The van der Waals surface area contributed by atoms with Gasteiger partial charge in [0.2, 0.25) is 0 Å². The minimum atomic E-state index is -0.0441. The van der Waals surface area contributed by atoms with Crippen molar-refractivity contribution in [3.05, 3.63) is 82.1 Å². The molecule has 0 spiro atoms. The Bertz CT molecular complexity index is 1150. The molecule has 1 aromatic heterocycles. The van der Waals surface area contributed by atoms with E-state index in [9.17, 15) is 9.59 Å². The first-order valence-electron chi connectivity index (χ1n) is 10.0. The topological polar surface area (TPSA) is 45.6 Å². The summed E-state index contributed by atoms with van der Waals surface area (Å²) in [6.45, 7) is 3.64. The number of halogens is 2. The fourth-order valence-corrected chi connectivity index (χ4v) is 4.34. The predicted molar refractivity (Wildman–Crippen MR) is 129 cm³/mol. The zero-order valence-electron chi connectivity index (χ0n) is 17.3. The van der Waals surface area contributed by atoms with E-state index in [1.165, 1.54) is 0 Å². The van der Waals surface area contributed by atoms with E-state index in [1.807, 2.05) is 65.6 Å². The number of pyridine rings is 1. The number of amides is 1. The number of benzene rings is 2. The standard InChI is InChI=1S/C24H23N3O2.2ClH/c1-25-11-13-26(14-12-25)23(28)21-15-20(17-7-3-2-4-8-17)24(29)27-16-18-9-5-6-10-19(18)22(21)27;;/h2-10,15H,11-14,16H2,1H3;2*1H. The van der Waals surface area contributed by atoms with Gasteiger partial charge in [-0.1, -0.05) is 54.6 Å². The summed E-state index contributed by atoms with van der Waals surface area (Å²) in [5.41, 5.74) is 4.84. The van der Waals surface area contributed by atoms with E-state index in [0.29, 0.717) is 30.8 Å². The minimum Gasteiger partial charge on any atom is -0.336 e. The Morgan fingerprint density at radius 1 is 0.839 bits per heavy atom. The van der Waals surface area contributed by atoms with Gasteiger partial charge < -0.3 is 14.4 Å². The summed E-state index contributed by atoms with van der Waals surface area (Å²) in [5.74, 6) is 0.00994. The van der Waals surface area contributed by atoms with Crippen LogP contribution in [0.3, 0.4) is 0 Å². The van der Waals surface area contributed by atoms with Crippen LogP contribution in [0.1, 0.15) is 15.9 Å². The van der Waals surface area contributed by atoms with Gasteiger partial charge in [-0.25, -0.2) is 0 Å². The number of likely N-dealkylation sites (N-methyl/N-ethyl adjacent to an activating group) is 1. The lowest BCUT2D eigenvalue weighted by atomic mass is 9.99. The van der Waals surface area contributed by atoms with E-state index in [2.05, 4.69) is 11.9 Å². The SMILES string of the molecule is CN1CCN(C(=O)c2cc(-c3ccccc3)c(=O)n3c2-c2ccccc2C3)CC1.Cl.Cl. The molecule has 2 aliphatic rings. The highest BCUT2D eigenvalue weighted by Crippen LogP contribution is 2.35. The monoisotopic (exact) mass is 457 g/mol. The first kappa shape index (κ1) is 23.1. The van der Waals surface area contributed by atoms with Gasteiger partial charge in [-0.15, -0.1) is 24.8 Å². The maximum Gasteiger partial charge on any atom is 0.259 e. The first-order chi connectivity index (χ1) is 14.1. The Morgan fingerprint density at radius 2 is 1.48 bits per heavy atom. The van der Waals surface area contributed by atoms with Crippen LogP contribution in [0.2, 0.25) is 0 Å². The zero-order chi connectivity index (χ0) is 20.0. The lowest BCUT2D eigenvalue weighted by molar-refractivity contribution is 0.0664. The number of piperazine rings is 1. The van der Waals surface area contributed by atoms with Crippen molar-refractivity contribution in [2.24, 2.45) is 0 Å². The third-order valence-corrected chi connectivity index (χ3v) is 6.00. The summed E-state index contributed by atoms with van der Waals surface area (Å²) < 4.78 is 1.77. The van der Waals surface area contributed by atoms with Crippen LogP contribution in [0.5, 0.6) is 0 Å². The van der Waals surface area contributed by atoms with Gasteiger partial charge in [0.15, 0.2) is 0 Å². The Morgan fingerprint density at radius 3 is 2.19 bits per heavy atom. The number of rotatable bonds is 2. The second-order valence-electron chi connectivity index (χ2n) is 7.83. The van der Waals surface area contributed by atoms with Crippen LogP contribution in [-0.2, 0) is 6.54 Å². The lowest BCUT2D eigenvalue weighted by Crippen LogP contribution is -2.47. The highest BCUT2D eigenvalue weighted by Gasteiger charge is 2.30. The number of fused-ring (bicyclic) bond motifs is 3. The maximum absolute atomic E-state index is 13.6. The molecule has 1 amide bonds. The molecule has 2 aromatic carbocycles. The van der Waals surface area contributed by atoms with Gasteiger partial charge in [0.1, 0.15) is 0 Å². The molecule has 1 fully saturated rings. The normalized spacial score (nSPS) is 14.8. The molecule has 3 aromatic rings. The van der Waals surface area contributed by atoms with Crippen LogP contribution in [0.4, 0.5) is 0 Å². The van der Waals surface area contributed by atoms with Crippen molar-refractivity contribution in [3.63, 3.8) is 0 Å². The average Bonchev–Trinajstić information content (AvgIpc) is 3.15. The second-order valence-corrected chi connectivity index (χ2v) is 7.83. The van der Waals surface area contributed by atoms with Crippen LogP contribution in [0.25, 0.3) is 22.4 Å². The van der Waals surface area contributed by atoms with Gasteiger partial charge in [-0.3, -0.25) is 9.59 Å². The Hall–Kier alpha value is -2.60. The summed E-state index contributed by atoms with van der Waals surface area (Å²) >= 11 is 0. The molecule has 0 radical (unpaired) electrons. The molecule has 0 atom stereocenters. The Labute approximate surface area is 194 Å². The zero-order valence-corrected chi connectivity index (χ0v) is 18.9. The molecular weight excluding hydrogens is 433 g/mol. The number of aromatic nitrogens is 1. The molecule has 0 aliphatic carbocycles. The van der Waals surface area contributed by atoms with Crippen LogP contribution in [0, 0.1) is 0 Å². The number of hydrogen-bond donors (Lipinski definition) is 0. The molecule has 0 bridgehead atoms. The first-order valence-corrected chi connectivity index (χ1v) is 10.0. The molecule has 0 unspecified atom stereocenters. The lowest BCUT2D eigenvalue weighted by Gasteiger charge is -2.33. The maximum atomic E-state index is 13.6. The van der Waals surface area contributed by atoms with Crippen molar-refractivity contribution in [1.29, 1.82) is 0 Å². The number of hydrogen-bond acceptors (Lipinski definition) is 3. The Balaban J connectivity index is 0.00000136. The fraction of sp³-hybridized carbons (Fsp3) is 0.250. The van der Waals surface area contributed by atoms with E-state index < -0.39 is 0 Å². The molecule has 31 heavy (non-hydrogen) atoms. The van der Waals surface area contributed by atoms with Gasteiger partial charge >= 0.3 is 0 Å². The highest BCUT2D eigenvalue weighted by atomic mass is 35.5. The summed E-state index contributed by atoms with van der Waals surface area (Å²) in [7, 11) is 2.07. The molecule has 162 valence electrons. The number of carbonyl (C=O) groups is 1. The molecule has 2 aliphatic heterocycles. The van der Waals surface area contributed by atoms with Crippen molar-refractivity contribution >= 4 is 30.7 Å². The Kier molecular flexibility index (Phi) is 6.90. The predicted octanol–water partition coefficient (Wildman–Crippen LogP) is 3.78. The van der Waals surface area contributed by atoms with Crippen LogP contribution >= 0.6 is 24.8 Å². The van der Waals surface area contributed by atoms with E-state index in [1.54, 1.807) is 4.57 Å². The van der Waals surface area contributed by atoms with Crippen molar-refractivity contribution in [2.45, 2.75) is 6.54 Å². The van der Waals surface area contributed by atoms with Gasteiger partial charge in [0, 0.05) is 37.3 Å². The van der Waals surface area contributed by atoms with Crippen LogP contribution in [0.15, 0.2) is 65.5 Å². The molecular formula is C24H25Cl2N3O2. The summed E-state index contributed by atoms with van der Waals surface area (Å²) in [4.78, 5) is 31.1. The van der Waals surface area contributed by atoms with Gasteiger partial charge in [0.25, 0.3) is 11.5 Å². The third-order valence-electron chi connectivity index (χ3n) is 6.00. The quantitative estimate of drug-likeness (QED) is 0.460. The highest BCUT2D eigenvalue weighted by molar-refractivity contribution is 6.02.